The lowest BCUT2D eigenvalue weighted by Gasteiger charge is -2.61. The van der Waals surface area contributed by atoms with Crippen molar-refractivity contribution in [3.63, 3.8) is 0 Å². The molecule has 1 aromatic heterocycles. The second-order valence-corrected chi connectivity index (χ2v) is 5.53. The number of nitrogens with zero attached hydrogens (tertiary/aromatic N) is 2. The average molecular weight is 239 g/mol. The van der Waals surface area contributed by atoms with Gasteiger partial charge in [-0.25, -0.2) is 0 Å². The molecule has 2 unspecified atom stereocenters. The van der Waals surface area contributed by atoms with Crippen molar-refractivity contribution in [2.24, 2.45) is 5.41 Å². The van der Waals surface area contributed by atoms with E-state index in [-0.39, 0.29) is 0 Å². The highest BCUT2D eigenvalue weighted by Gasteiger charge is 2.58. The Morgan fingerprint density at radius 2 is 2.50 bits per heavy atom. The van der Waals surface area contributed by atoms with Crippen LogP contribution in [-0.4, -0.2) is 28.3 Å². The highest BCUT2D eigenvalue weighted by molar-refractivity contribution is 7.09. The molecule has 0 aliphatic heterocycles. The Bertz CT molecular complexity index is 350. The average Bonchev–Trinajstić information content (AvgIpc) is 2.66. The zero-order chi connectivity index (χ0) is 11.0. The van der Waals surface area contributed by atoms with Crippen molar-refractivity contribution in [2.75, 3.05) is 11.9 Å². The van der Waals surface area contributed by atoms with E-state index in [2.05, 4.69) is 21.8 Å². The summed E-state index contributed by atoms with van der Waals surface area (Å²) in [5.41, 5.74) is 0.417. The van der Waals surface area contributed by atoms with E-state index < -0.39 is 0 Å². The van der Waals surface area contributed by atoms with Crippen molar-refractivity contribution in [1.82, 2.24) is 9.59 Å². The number of hydrogen-bond donors (Lipinski definition) is 1. The van der Waals surface area contributed by atoms with Crippen LogP contribution < -0.4 is 5.32 Å². The van der Waals surface area contributed by atoms with Crippen LogP contribution in [-0.2, 0) is 4.74 Å². The zero-order valence-corrected chi connectivity index (χ0v) is 10.3. The van der Waals surface area contributed by atoms with Crippen molar-refractivity contribution in [2.45, 2.75) is 44.8 Å². The Labute approximate surface area is 99.6 Å². The predicted molar refractivity (Wildman–Crippen MR) is 63.6 cm³/mol. The maximum Gasteiger partial charge on any atom is 0.130 e. The molecule has 88 valence electrons. The summed E-state index contributed by atoms with van der Waals surface area (Å²) in [6.45, 7) is 2.92. The summed E-state index contributed by atoms with van der Waals surface area (Å²) in [7, 11) is 0. The first-order valence-corrected chi connectivity index (χ1v) is 6.78. The van der Waals surface area contributed by atoms with Gasteiger partial charge < -0.3 is 10.1 Å². The van der Waals surface area contributed by atoms with E-state index >= 15 is 0 Å². The van der Waals surface area contributed by atoms with Crippen LogP contribution in [0.2, 0.25) is 0 Å². The molecule has 0 saturated heterocycles. The topological polar surface area (TPSA) is 47.0 Å². The van der Waals surface area contributed by atoms with Gasteiger partial charge in [0, 0.05) is 29.6 Å². The molecule has 1 heterocycles. The predicted octanol–water partition coefficient (Wildman–Crippen LogP) is 2.30. The van der Waals surface area contributed by atoms with Gasteiger partial charge >= 0.3 is 0 Å². The quantitative estimate of drug-likeness (QED) is 0.875. The van der Waals surface area contributed by atoms with E-state index in [9.17, 15) is 0 Å². The van der Waals surface area contributed by atoms with Crippen LogP contribution in [0.25, 0.3) is 0 Å². The lowest BCUT2D eigenvalue weighted by molar-refractivity contribution is -0.157. The summed E-state index contributed by atoms with van der Waals surface area (Å²) in [6, 6.07) is 0.569. The molecule has 2 fully saturated rings. The second-order valence-electron chi connectivity index (χ2n) is 4.75. The minimum atomic E-state index is 0.417. The number of nitrogens with one attached hydrogen (secondary N) is 1. The number of rotatable bonds is 4. The van der Waals surface area contributed by atoms with E-state index in [1.165, 1.54) is 30.8 Å². The molecule has 4 nitrogen and oxygen atoms in total. The minimum absolute atomic E-state index is 0.417. The summed E-state index contributed by atoms with van der Waals surface area (Å²) in [4.78, 5) is 0. The second kappa shape index (κ2) is 3.96. The Balaban J connectivity index is 1.65. The van der Waals surface area contributed by atoms with Gasteiger partial charge in [0.15, 0.2) is 0 Å². The molecular formula is C11H17N3OS. The maximum absolute atomic E-state index is 5.82. The van der Waals surface area contributed by atoms with Crippen LogP contribution in [0.3, 0.4) is 0 Å². The molecule has 1 aromatic rings. The van der Waals surface area contributed by atoms with Gasteiger partial charge in [-0.2, -0.15) is 0 Å². The highest BCUT2D eigenvalue weighted by atomic mass is 32.1. The smallest absolute Gasteiger partial charge is 0.130 e. The Morgan fingerprint density at radius 1 is 1.62 bits per heavy atom. The molecule has 0 aromatic carbocycles. The van der Waals surface area contributed by atoms with Crippen LogP contribution in [0.15, 0.2) is 6.20 Å². The van der Waals surface area contributed by atoms with Crippen molar-refractivity contribution >= 4 is 16.5 Å². The molecule has 5 heteroatoms. The summed E-state index contributed by atoms with van der Waals surface area (Å²) >= 11 is 1.44. The lowest BCUT2D eigenvalue weighted by atomic mass is 9.51. The van der Waals surface area contributed by atoms with E-state index in [0.29, 0.717) is 17.6 Å². The first kappa shape index (κ1) is 10.5. The fourth-order valence-corrected chi connectivity index (χ4v) is 3.51. The Kier molecular flexibility index (Phi) is 2.59. The SMILES string of the molecule is CCOC1CC(Nc2cnns2)C12CCC2. The molecule has 2 atom stereocenters. The Hall–Kier alpha value is -0.680. The van der Waals surface area contributed by atoms with Gasteiger partial charge in [-0.05, 0) is 26.2 Å². The first-order valence-electron chi connectivity index (χ1n) is 6.00. The molecule has 3 rings (SSSR count). The Morgan fingerprint density at radius 3 is 3.06 bits per heavy atom. The fourth-order valence-electron chi connectivity index (χ4n) is 3.04. The molecular weight excluding hydrogens is 222 g/mol. The summed E-state index contributed by atoms with van der Waals surface area (Å²) in [5.74, 6) is 0. The van der Waals surface area contributed by atoms with Gasteiger partial charge in [-0.3, -0.25) is 0 Å². The third-order valence-electron chi connectivity index (χ3n) is 4.12. The molecule has 2 aliphatic rings. The highest BCUT2D eigenvalue weighted by Crippen LogP contribution is 2.58. The van der Waals surface area contributed by atoms with Gasteiger partial charge in [-0.1, -0.05) is 10.9 Å². The van der Waals surface area contributed by atoms with Crippen LogP contribution in [0, 0.1) is 5.41 Å². The molecule has 0 amide bonds. The zero-order valence-electron chi connectivity index (χ0n) is 9.48. The van der Waals surface area contributed by atoms with Crippen molar-refractivity contribution < 1.29 is 4.74 Å². The molecule has 1 spiro atoms. The molecule has 0 bridgehead atoms. The van der Waals surface area contributed by atoms with Gasteiger partial charge in [0.2, 0.25) is 0 Å². The van der Waals surface area contributed by atoms with Crippen LogP contribution in [0.1, 0.15) is 32.6 Å². The number of anilines is 1. The van der Waals surface area contributed by atoms with E-state index in [4.69, 9.17) is 4.74 Å². The largest absolute Gasteiger partial charge is 0.378 e. The number of aromatic nitrogens is 2. The summed E-state index contributed by atoms with van der Waals surface area (Å²) in [6.07, 6.45) is 7.38. The van der Waals surface area contributed by atoms with Gasteiger partial charge in [-0.15, -0.1) is 5.10 Å². The van der Waals surface area contributed by atoms with E-state index in [1.54, 1.807) is 0 Å². The summed E-state index contributed by atoms with van der Waals surface area (Å²) in [5, 5.41) is 8.50. The molecule has 2 saturated carbocycles. The molecule has 0 radical (unpaired) electrons. The standard InChI is InChI=1S/C11H17N3OS/c1-2-15-9-6-8(11(9)4-3-5-11)13-10-7-12-14-16-10/h7-9,13H,2-6H2,1H3. The first-order chi connectivity index (χ1) is 7.85. The van der Waals surface area contributed by atoms with Crippen molar-refractivity contribution in [1.29, 1.82) is 0 Å². The van der Waals surface area contributed by atoms with Crippen LogP contribution in [0.5, 0.6) is 0 Å². The van der Waals surface area contributed by atoms with Crippen LogP contribution in [0.4, 0.5) is 5.00 Å². The van der Waals surface area contributed by atoms with Gasteiger partial charge in [0.05, 0.1) is 12.3 Å². The minimum Gasteiger partial charge on any atom is -0.378 e. The van der Waals surface area contributed by atoms with Gasteiger partial charge in [0.25, 0.3) is 0 Å². The fraction of sp³-hybridized carbons (Fsp3) is 0.818. The van der Waals surface area contributed by atoms with Gasteiger partial charge in [0.1, 0.15) is 5.00 Å². The molecule has 2 aliphatic carbocycles. The third-order valence-corrected chi connectivity index (χ3v) is 4.71. The van der Waals surface area contributed by atoms with E-state index in [1.807, 2.05) is 6.20 Å². The van der Waals surface area contributed by atoms with Crippen molar-refractivity contribution in [3.8, 4) is 0 Å². The molecule has 16 heavy (non-hydrogen) atoms. The van der Waals surface area contributed by atoms with Crippen LogP contribution >= 0.6 is 11.5 Å². The van der Waals surface area contributed by atoms with E-state index in [0.717, 1.165) is 18.0 Å². The summed E-state index contributed by atoms with van der Waals surface area (Å²) < 4.78 is 9.70. The molecule has 1 N–H and O–H groups in total. The maximum atomic E-state index is 5.82. The lowest BCUT2D eigenvalue weighted by Crippen LogP contribution is -2.64. The number of ether oxygens (including phenoxy) is 1. The number of hydrogen-bond acceptors (Lipinski definition) is 5. The monoisotopic (exact) mass is 239 g/mol. The third kappa shape index (κ3) is 1.45. The van der Waals surface area contributed by atoms with Crippen molar-refractivity contribution in [3.05, 3.63) is 6.20 Å². The normalized spacial score (nSPS) is 30.8.